The molecule has 12 heavy (non-hydrogen) atoms. The van der Waals surface area contributed by atoms with Gasteiger partial charge >= 0.3 is 6.30 Å². The third kappa shape index (κ3) is 2.13. The van der Waals surface area contributed by atoms with E-state index in [0.717, 1.165) is 3.57 Å². The Hall–Kier alpha value is -0.720. The van der Waals surface area contributed by atoms with Gasteiger partial charge in [0, 0.05) is 3.57 Å². The summed E-state index contributed by atoms with van der Waals surface area (Å²) in [4.78, 5) is 9.09. The predicted molar refractivity (Wildman–Crippen MR) is 50.0 cm³/mol. The van der Waals surface area contributed by atoms with E-state index in [1.54, 1.807) is 12.1 Å². The van der Waals surface area contributed by atoms with Crippen LogP contribution in [-0.4, -0.2) is 4.92 Å². The van der Waals surface area contributed by atoms with E-state index >= 15 is 0 Å². The van der Waals surface area contributed by atoms with Crippen LogP contribution in [0.3, 0.4) is 0 Å². The van der Waals surface area contributed by atoms with Crippen molar-refractivity contribution in [2.75, 3.05) is 0 Å². The Bertz CT molecular complexity index is 305. The molecule has 5 heteroatoms. The molecule has 1 unspecified atom stereocenters. The molecule has 0 amide bonds. The minimum atomic E-state index is -2.11. The number of alkyl halides is 1. The largest absolute Gasteiger partial charge is 0.375 e. The quantitative estimate of drug-likeness (QED) is 0.362. The van der Waals surface area contributed by atoms with Gasteiger partial charge in [-0.2, -0.15) is 4.39 Å². The lowest BCUT2D eigenvalue weighted by atomic mass is 10.2. The van der Waals surface area contributed by atoms with Crippen molar-refractivity contribution >= 4 is 22.6 Å². The second kappa shape index (κ2) is 3.79. The van der Waals surface area contributed by atoms with Gasteiger partial charge in [-0.05, 0) is 40.8 Å². The Morgan fingerprint density at radius 2 is 2.25 bits per heavy atom. The van der Waals surface area contributed by atoms with Crippen molar-refractivity contribution in [3.05, 3.63) is 43.5 Å². The first-order valence-electron chi connectivity index (χ1n) is 3.14. The van der Waals surface area contributed by atoms with E-state index in [1.807, 2.05) is 22.6 Å². The molecule has 1 rings (SSSR count). The van der Waals surface area contributed by atoms with Crippen molar-refractivity contribution < 1.29 is 9.31 Å². The molecule has 3 nitrogen and oxygen atoms in total. The van der Waals surface area contributed by atoms with Gasteiger partial charge in [0.05, 0.1) is 10.5 Å². The van der Waals surface area contributed by atoms with Crippen LogP contribution in [0.15, 0.2) is 24.3 Å². The summed E-state index contributed by atoms with van der Waals surface area (Å²) in [7, 11) is 0. The molecule has 0 aromatic heterocycles. The first-order valence-corrected chi connectivity index (χ1v) is 4.22. The summed E-state index contributed by atoms with van der Waals surface area (Å²) in [6, 6.07) is 6.19. The summed E-state index contributed by atoms with van der Waals surface area (Å²) in [5.74, 6) is 0. The molecule has 0 heterocycles. The van der Waals surface area contributed by atoms with Gasteiger partial charge in [0.25, 0.3) is 0 Å². The van der Waals surface area contributed by atoms with Crippen molar-refractivity contribution in [1.82, 2.24) is 0 Å². The molecule has 0 radical (unpaired) electrons. The molecule has 0 aliphatic rings. The standard InChI is InChI=1S/C7H5FINO2/c8-7(10(11)12)5-2-1-3-6(9)4-5/h1-4,7H. The molecule has 0 spiro atoms. The molecule has 0 aliphatic heterocycles. The topological polar surface area (TPSA) is 43.1 Å². The van der Waals surface area contributed by atoms with Crippen LogP contribution < -0.4 is 0 Å². The van der Waals surface area contributed by atoms with Crippen LogP contribution in [0.4, 0.5) is 4.39 Å². The van der Waals surface area contributed by atoms with Crippen molar-refractivity contribution in [3.8, 4) is 0 Å². The Morgan fingerprint density at radius 1 is 1.58 bits per heavy atom. The van der Waals surface area contributed by atoms with Crippen LogP contribution in [0, 0.1) is 13.7 Å². The second-order valence-electron chi connectivity index (χ2n) is 2.18. The van der Waals surface area contributed by atoms with E-state index in [0.29, 0.717) is 0 Å². The molecule has 0 saturated carbocycles. The number of hydrogen-bond acceptors (Lipinski definition) is 2. The highest BCUT2D eigenvalue weighted by Crippen LogP contribution is 2.19. The molecule has 0 N–H and O–H groups in total. The Labute approximate surface area is 81.9 Å². The molecule has 1 atom stereocenters. The summed E-state index contributed by atoms with van der Waals surface area (Å²) in [6.07, 6.45) is -2.11. The van der Waals surface area contributed by atoms with Crippen LogP contribution in [0.1, 0.15) is 11.9 Å². The molecule has 1 aromatic carbocycles. The van der Waals surface area contributed by atoms with Crippen molar-refractivity contribution in [1.29, 1.82) is 0 Å². The lowest BCUT2D eigenvalue weighted by Crippen LogP contribution is -2.04. The second-order valence-corrected chi connectivity index (χ2v) is 3.42. The van der Waals surface area contributed by atoms with Crippen molar-refractivity contribution in [2.24, 2.45) is 0 Å². The van der Waals surface area contributed by atoms with E-state index in [4.69, 9.17) is 0 Å². The van der Waals surface area contributed by atoms with Gasteiger partial charge in [0.2, 0.25) is 0 Å². The van der Waals surface area contributed by atoms with Crippen LogP contribution >= 0.6 is 22.6 Å². The maximum absolute atomic E-state index is 12.7. The summed E-state index contributed by atoms with van der Waals surface area (Å²) < 4.78 is 13.5. The average Bonchev–Trinajstić information content (AvgIpc) is 2.03. The summed E-state index contributed by atoms with van der Waals surface area (Å²) in [5.41, 5.74) is 0.0897. The SMILES string of the molecule is O=[N+]([O-])C(F)c1cccc(I)c1. The van der Waals surface area contributed by atoms with Gasteiger partial charge < -0.3 is 0 Å². The summed E-state index contributed by atoms with van der Waals surface area (Å²) in [6.45, 7) is 0. The predicted octanol–water partition coefficient (Wildman–Crippen LogP) is 2.54. The van der Waals surface area contributed by atoms with Gasteiger partial charge in [0.15, 0.2) is 0 Å². The van der Waals surface area contributed by atoms with E-state index in [2.05, 4.69) is 0 Å². The molecular formula is C7H5FINO2. The monoisotopic (exact) mass is 281 g/mol. The third-order valence-electron chi connectivity index (χ3n) is 1.31. The molecule has 0 aliphatic carbocycles. The summed E-state index contributed by atoms with van der Waals surface area (Å²) >= 11 is 1.97. The number of halogens is 2. The molecular weight excluding hydrogens is 276 g/mol. The van der Waals surface area contributed by atoms with E-state index in [9.17, 15) is 14.5 Å². The first-order chi connectivity index (χ1) is 5.61. The molecule has 0 bridgehead atoms. The van der Waals surface area contributed by atoms with Gasteiger partial charge in [-0.3, -0.25) is 10.1 Å². The molecule has 64 valence electrons. The van der Waals surface area contributed by atoms with Crippen LogP contribution in [0.25, 0.3) is 0 Å². The number of benzene rings is 1. The lowest BCUT2D eigenvalue weighted by molar-refractivity contribution is -0.560. The maximum Gasteiger partial charge on any atom is 0.375 e. The highest BCUT2D eigenvalue weighted by molar-refractivity contribution is 14.1. The van der Waals surface area contributed by atoms with Crippen LogP contribution in [0.2, 0.25) is 0 Å². The smallest absolute Gasteiger partial charge is 0.261 e. The molecule has 1 aromatic rings. The number of nitro groups is 1. The Morgan fingerprint density at radius 3 is 2.75 bits per heavy atom. The molecule has 0 fully saturated rings. The fourth-order valence-corrected chi connectivity index (χ4v) is 1.34. The third-order valence-corrected chi connectivity index (χ3v) is 1.98. The van der Waals surface area contributed by atoms with Gasteiger partial charge in [-0.15, -0.1) is 0 Å². The summed E-state index contributed by atoms with van der Waals surface area (Å²) in [5, 5.41) is 10.0. The zero-order valence-electron chi connectivity index (χ0n) is 5.91. The van der Waals surface area contributed by atoms with Crippen molar-refractivity contribution in [3.63, 3.8) is 0 Å². The van der Waals surface area contributed by atoms with E-state index in [1.165, 1.54) is 12.1 Å². The zero-order chi connectivity index (χ0) is 9.14. The molecule has 0 saturated heterocycles. The lowest BCUT2D eigenvalue weighted by Gasteiger charge is -1.99. The maximum atomic E-state index is 12.7. The van der Waals surface area contributed by atoms with E-state index < -0.39 is 11.2 Å². The van der Waals surface area contributed by atoms with Crippen molar-refractivity contribution in [2.45, 2.75) is 6.30 Å². The fourth-order valence-electron chi connectivity index (χ4n) is 0.776. The fraction of sp³-hybridized carbons (Fsp3) is 0.143. The Balaban J connectivity index is 2.95. The highest BCUT2D eigenvalue weighted by atomic mass is 127. The van der Waals surface area contributed by atoms with Gasteiger partial charge in [0.1, 0.15) is 0 Å². The highest BCUT2D eigenvalue weighted by Gasteiger charge is 2.20. The number of rotatable bonds is 2. The first kappa shape index (κ1) is 9.37. The van der Waals surface area contributed by atoms with Crippen LogP contribution in [0.5, 0.6) is 0 Å². The zero-order valence-corrected chi connectivity index (χ0v) is 8.06. The van der Waals surface area contributed by atoms with Crippen LogP contribution in [-0.2, 0) is 0 Å². The van der Waals surface area contributed by atoms with Gasteiger partial charge in [-0.25, -0.2) is 0 Å². The minimum absolute atomic E-state index is 0.0897. The Kier molecular flexibility index (Phi) is 2.96. The normalized spacial score (nSPS) is 12.5. The average molecular weight is 281 g/mol. The number of hydrogen-bond donors (Lipinski definition) is 0. The van der Waals surface area contributed by atoms with E-state index in [-0.39, 0.29) is 5.56 Å². The number of nitrogens with zero attached hydrogens (tertiary/aromatic N) is 1. The minimum Gasteiger partial charge on any atom is -0.261 e. The van der Waals surface area contributed by atoms with Gasteiger partial charge in [-0.1, -0.05) is 6.07 Å².